The molecule has 0 aliphatic rings. The Morgan fingerprint density at radius 2 is 1.15 bits per heavy atom. The Balaban J connectivity index is 2.01. The van der Waals surface area contributed by atoms with Crippen LogP contribution < -0.4 is 21.2 Å². The van der Waals surface area contributed by atoms with Crippen LogP contribution in [0.2, 0.25) is 0 Å². The minimum atomic E-state index is -2.95. The Labute approximate surface area is 236 Å². The van der Waals surface area contributed by atoms with Crippen molar-refractivity contribution in [3.05, 3.63) is 127 Å². The molecule has 0 bridgehead atoms. The van der Waals surface area contributed by atoms with Crippen LogP contribution in [0.1, 0.15) is 26.3 Å². The Kier molecular flexibility index (Phi) is 9.04. The highest BCUT2D eigenvalue weighted by atomic mass is 31.2. The molecule has 4 aromatic rings. The van der Waals surface area contributed by atoms with Crippen molar-refractivity contribution in [1.82, 2.24) is 5.32 Å². The number of alkyl carbamates (subject to hydrolysis) is 1. The minimum Gasteiger partial charge on any atom is -0.444 e. The lowest BCUT2D eigenvalue weighted by Gasteiger charge is -2.31. The molecule has 0 aromatic heterocycles. The van der Waals surface area contributed by atoms with Crippen molar-refractivity contribution in [2.75, 3.05) is 0 Å². The molecule has 0 aliphatic heterocycles. The van der Waals surface area contributed by atoms with Crippen LogP contribution in [0.4, 0.5) is 4.79 Å². The number of ether oxygens (including phenoxy) is 1. The van der Waals surface area contributed by atoms with E-state index in [4.69, 9.17) is 4.74 Å². The van der Waals surface area contributed by atoms with Gasteiger partial charge in [-0.2, -0.15) is 5.26 Å². The number of nitriles is 1. The highest BCUT2D eigenvalue weighted by Gasteiger charge is 2.37. The fourth-order valence-corrected chi connectivity index (χ4v) is 8.92. The molecule has 1 N–H and O–H groups in total. The number of hydrogen-bond acceptors (Lipinski definition) is 4. The number of rotatable bonds is 8. The molecule has 4 aromatic carbocycles. The summed E-state index contributed by atoms with van der Waals surface area (Å²) in [5.74, 6) is -0.429. The first kappa shape index (κ1) is 28.6. The summed E-state index contributed by atoms with van der Waals surface area (Å²) in [6.07, 6.45) is -0.496. The number of carbonyl (C=O) groups is 2. The van der Waals surface area contributed by atoms with Gasteiger partial charge < -0.3 is 10.1 Å². The third-order valence-electron chi connectivity index (χ3n) is 6.40. The highest BCUT2D eigenvalue weighted by molar-refractivity contribution is 7.97. The van der Waals surface area contributed by atoms with Crippen LogP contribution in [-0.4, -0.2) is 28.8 Å². The van der Waals surface area contributed by atoms with Crippen LogP contribution in [0.15, 0.2) is 121 Å². The molecule has 5 nitrogen and oxygen atoms in total. The van der Waals surface area contributed by atoms with Crippen LogP contribution in [0, 0.1) is 11.3 Å². The zero-order valence-electron chi connectivity index (χ0n) is 23.0. The lowest BCUT2D eigenvalue weighted by molar-refractivity contribution is -0.114. The molecule has 6 heteroatoms. The second-order valence-corrected chi connectivity index (χ2v) is 13.7. The lowest BCUT2D eigenvalue weighted by atomic mass is 10.0. The number of Topliss-reactive ketones (excluding diaryl/α,β-unsaturated/α-hetero) is 1. The molecule has 0 saturated heterocycles. The van der Waals surface area contributed by atoms with Crippen molar-refractivity contribution in [3.8, 4) is 6.07 Å². The second kappa shape index (κ2) is 12.6. The number of ketones is 1. The van der Waals surface area contributed by atoms with Crippen LogP contribution in [-0.2, 0) is 16.0 Å². The number of nitrogens with zero attached hydrogens (tertiary/aromatic N) is 1. The predicted molar refractivity (Wildman–Crippen MR) is 164 cm³/mol. The van der Waals surface area contributed by atoms with Gasteiger partial charge in [0.05, 0.1) is 0 Å². The van der Waals surface area contributed by atoms with Crippen molar-refractivity contribution in [2.45, 2.75) is 38.8 Å². The van der Waals surface area contributed by atoms with Gasteiger partial charge in [0.2, 0.25) is 0 Å². The summed E-state index contributed by atoms with van der Waals surface area (Å²) < 4.78 is 5.52. The summed E-state index contributed by atoms with van der Waals surface area (Å²) in [4.78, 5) is 27.6. The van der Waals surface area contributed by atoms with Gasteiger partial charge in [0.1, 0.15) is 23.0 Å². The normalized spacial score (nSPS) is 12.1. The molecule has 0 aliphatic carbocycles. The van der Waals surface area contributed by atoms with Crippen molar-refractivity contribution < 1.29 is 14.3 Å². The molecule has 0 saturated carbocycles. The van der Waals surface area contributed by atoms with Gasteiger partial charge in [0.25, 0.3) is 0 Å². The fraction of sp³-hybridized carbons (Fsp3) is 0.176. The minimum absolute atomic E-state index is 0.119. The van der Waals surface area contributed by atoms with Gasteiger partial charge in [0, 0.05) is 6.42 Å². The lowest BCUT2D eigenvalue weighted by Crippen LogP contribution is -2.48. The van der Waals surface area contributed by atoms with Gasteiger partial charge in [-0.3, -0.25) is 4.79 Å². The van der Waals surface area contributed by atoms with E-state index in [2.05, 4.69) is 11.4 Å². The van der Waals surface area contributed by atoms with E-state index < -0.39 is 30.4 Å². The van der Waals surface area contributed by atoms with Crippen molar-refractivity contribution >= 4 is 40.0 Å². The summed E-state index contributed by atoms with van der Waals surface area (Å²) in [6.45, 7) is 2.36. The number of amides is 1. The van der Waals surface area contributed by atoms with Gasteiger partial charge >= 0.3 is 6.09 Å². The quantitative estimate of drug-likeness (QED) is 0.300. The SMILES string of the molecule is CC(C)(C)OC(=O)N[C@@H](Cc1ccccc1)C(=O)C(C#N)=P(c1ccccc1)(c1ccccc1)c1ccccc1. The third kappa shape index (κ3) is 6.42. The zero-order chi connectivity index (χ0) is 28.6. The third-order valence-corrected chi connectivity index (χ3v) is 10.6. The van der Waals surface area contributed by atoms with Gasteiger partial charge in [-0.15, -0.1) is 0 Å². The van der Waals surface area contributed by atoms with Crippen molar-refractivity contribution in [2.24, 2.45) is 0 Å². The predicted octanol–water partition coefficient (Wildman–Crippen LogP) is 5.38. The van der Waals surface area contributed by atoms with E-state index >= 15 is 0 Å². The van der Waals surface area contributed by atoms with Gasteiger partial charge in [0.15, 0.2) is 5.78 Å². The van der Waals surface area contributed by atoms with E-state index in [0.717, 1.165) is 21.5 Å². The Morgan fingerprint density at radius 3 is 1.52 bits per heavy atom. The average molecular weight is 549 g/mol. The monoisotopic (exact) mass is 548 g/mol. The maximum atomic E-state index is 14.6. The van der Waals surface area contributed by atoms with Crippen LogP contribution >= 0.6 is 6.89 Å². The number of benzene rings is 4. The molecule has 0 spiro atoms. The van der Waals surface area contributed by atoms with Gasteiger partial charge in [-0.25, -0.2) is 4.79 Å². The van der Waals surface area contributed by atoms with Crippen LogP contribution in [0.5, 0.6) is 0 Å². The summed E-state index contributed by atoms with van der Waals surface area (Å²) in [5, 5.41) is 16.4. The number of carbonyl (C=O) groups excluding carboxylic acids is 2. The Morgan fingerprint density at radius 1 is 0.750 bits per heavy atom. The van der Waals surface area contributed by atoms with Gasteiger partial charge in [-0.05, 0) is 49.1 Å². The molecule has 0 radical (unpaired) electrons. The van der Waals surface area contributed by atoms with Crippen LogP contribution in [0.25, 0.3) is 0 Å². The highest BCUT2D eigenvalue weighted by Crippen LogP contribution is 2.46. The molecule has 0 unspecified atom stereocenters. The molecule has 0 heterocycles. The van der Waals surface area contributed by atoms with Crippen molar-refractivity contribution in [3.63, 3.8) is 0 Å². The molecule has 40 heavy (non-hydrogen) atoms. The molecular weight excluding hydrogens is 515 g/mol. The molecule has 202 valence electrons. The largest absolute Gasteiger partial charge is 0.444 e. The summed E-state index contributed by atoms with van der Waals surface area (Å²) in [7, 11) is 0. The second-order valence-electron chi connectivity index (χ2n) is 10.4. The fourth-order valence-electron chi connectivity index (χ4n) is 4.76. The maximum Gasteiger partial charge on any atom is 0.408 e. The molecule has 0 fully saturated rings. The topological polar surface area (TPSA) is 79.2 Å². The Hall–Kier alpha value is -4.39. The standard InChI is InChI=1S/C34H33N2O3P/c1-34(2,3)39-33(38)36-30(24-26-16-8-4-9-17-26)32(37)31(25-35)40(27-18-10-5-11-19-27,28-20-12-6-13-21-28)29-22-14-7-15-23-29/h4-23,30H,24H2,1-3H3,(H,36,38)/t30-/m0/s1. The van der Waals surface area contributed by atoms with E-state index in [0.29, 0.717) is 0 Å². The van der Waals surface area contributed by atoms with Gasteiger partial charge in [-0.1, -0.05) is 121 Å². The van der Waals surface area contributed by atoms with E-state index in [1.807, 2.05) is 121 Å². The molecular formula is C34H33N2O3P. The van der Waals surface area contributed by atoms with E-state index in [1.54, 1.807) is 20.8 Å². The van der Waals surface area contributed by atoms with E-state index in [-0.39, 0.29) is 11.7 Å². The smallest absolute Gasteiger partial charge is 0.408 e. The molecule has 1 amide bonds. The van der Waals surface area contributed by atoms with E-state index in [1.165, 1.54) is 0 Å². The number of hydrogen-bond donors (Lipinski definition) is 1. The van der Waals surface area contributed by atoms with Crippen LogP contribution in [0.3, 0.4) is 0 Å². The Bertz CT molecular complexity index is 1440. The zero-order valence-corrected chi connectivity index (χ0v) is 23.8. The summed E-state index contributed by atoms with van der Waals surface area (Å²) in [5.41, 5.74) is 0.110. The summed E-state index contributed by atoms with van der Waals surface area (Å²) >= 11 is 0. The first-order valence-corrected chi connectivity index (χ1v) is 15.0. The average Bonchev–Trinajstić information content (AvgIpc) is 2.96. The maximum absolute atomic E-state index is 14.6. The summed E-state index contributed by atoms with van der Waals surface area (Å²) in [6, 6.07) is 40.0. The first-order valence-electron chi connectivity index (χ1n) is 13.2. The first-order chi connectivity index (χ1) is 19.3. The van der Waals surface area contributed by atoms with Crippen molar-refractivity contribution in [1.29, 1.82) is 5.26 Å². The molecule has 4 rings (SSSR count). The molecule has 1 atom stereocenters. The van der Waals surface area contributed by atoms with E-state index in [9.17, 15) is 14.9 Å². The number of nitrogens with one attached hydrogen (secondary N) is 1.